The van der Waals surface area contributed by atoms with Crippen LogP contribution in [0.2, 0.25) is 0 Å². The second-order valence-corrected chi connectivity index (χ2v) is 4.94. The Balaban J connectivity index is 1.79. The van der Waals surface area contributed by atoms with E-state index in [2.05, 4.69) is 10.3 Å². The van der Waals surface area contributed by atoms with Gasteiger partial charge in [0.15, 0.2) is 5.13 Å². The van der Waals surface area contributed by atoms with Crippen LogP contribution in [0, 0.1) is 5.92 Å². The molecule has 2 N–H and O–H groups in total. The zero-order chi connectivity index (χ0) is 9.80. The molecule has 0 aliphatic heterocycles. The summed E-state index contributed by atoms with van der Waals surface area (Å²) >= 11 is 1.54. The second kappa shape index (κ2) is 4.75. The Kier molecular flexibility index (Phi) is 3.37. The van der Waals surface area contributed by atoms with Crippen molar-refractivity contribution < 1.29 is 5.11 Å². The van der Waals surface area contributed by atoms with Crippen molar-refractivity contribution in [3.63, 3.8) is 0 Å². The van der Waals surface area contributed by atoms with E-state index in [1.54, 1.807) is 17.5 Å². The number of rotatable bonds is 4. The fourth-order valence-electron chi connectivity index (χ4n) is 1.91. The SMILES string of the molecule is OCc1cnc(NCC2CCCC2)s1. The van der Waals surface area contributed by atoms with Gasteiger partial charge in [-0.1, -0.05) is 24.2 Å². The molecule has 0 bridgehead atoms. The average molecular weight is 212 g/mol. The third-order valence-electron chi connectivity index (χ3n) is 2.73. The van der Waals surface area contributed by atoms with Crippen LogP contribution >= 0.6 is 11.3 Å². The second-order valence-electron chi connectivity index (χ2n) is 3.82. The molecular formula is C10H16N2OS. The number of hydrogen-bond acceptors (Lipinski definition) is 4. The van der Waals surface area contributed by atoms with Gasteiger partial charge in [0, 0.05) is 12.7 Å². The van der Waals surface area contributed by atoms with Gasteiger partial charge in [0.05, 0.1) is 11.5 Å². The molecular weight excluding hydrogens is 196 g/mol. The largest absolute Gasteiger partial charge is 0.391 e. The van der Waals surface area contributed by atoms with Crippen molar-refractivity contribution in [3.05, 3.63) is 11.1 Å². The van der Waals surface area contributed by atoms with Gasteiger partial charge in [0.25, 0.3) is 0 Å². The summed E-state index contributed by atoms with van der Waals surface area (Å²) in [6.45, 7) is 1.14. The summed E-state index contributed by atoms with van der Waals surface area (Å²) in [7, 11) is 0. The molecule has 2 rings (SSSR count). The lowest BCUT2D eigenvalue weighted by Gasteiger charge is -2.08. The van der Waals surface area contributed by atoms with Crippen molar-refractivity contribution >= 4 is 16.5 Å². The van der Waals surface area contributed by atoms with Crippen LogP contribution in [0.15, 0.2) is 6.20 Å². The highest BCUT2D eigenvalue weighted by Crippen LogP contribution is 2.25. The monoisotopic (exact) mass is 212 g/mol. The Bertz CT molecular complexity index is 281. The maximum absolute atomic E-state index is 8.87. The van der Waals surface area contributed by atoms with Gasteiger partial charge >= 0.3 is 0 Å². The predicted octanol–water partition coefficient (Wildman–Crippen LogP) is 2.24. The summed E-state index contributed by atoms with van der Waals surface area (Å²) in [6.07, 6.45) is 7.20. The molecule has 1 aliphatic carbocycles. The zero-order valence-corrected chi connectivity index (χ0v) is 9.02. The normalized spacial score (nSPS) is 17.5. The van der Waals surface area contributed by atoms with Gasteiger partial charge in [0.2, 0.25) is 0 Å². The van der Waals surface area contributed by atoms with Crippen LogP contribution in [-0.2, 0) is 6.61 Å². The summed E-state index contributed by atoms with van der Waals surface area (Å²) in [5, 5.41) is 13.2. The lowest BCUT2D eigenvalue weighted by molar-refractivity contribution is 0.285. The van der Waals surface area contributed by atoms with Gasteiger partial charge in [-0.15, -0.1) is 0 Å². The fourth-order valence-corrected chi connectivity index (χ4v) is 2.59. The molecule has 0 radical (unpaired) electrons. The molecule has 1 heterocycles. The topological polar surface area (TPSA) is 45.2 Å². The van der Waals surface area contributed by atoms with E-state index in [0.717, 1.165) is 22.5 Å². The van der Waals surface area contributed by atoms with E-state index in [9.17, 15) is 0 Å². The highest BCUT2D eigenvalue weighted by atomic mass is 32.1. The van der Waals surface area contributed by atoms with Crippen LogP contribution in [0.1, 0.15) is 30.6 Å². The quantitative estimate of drug-likeness (QED) is 0.804. The van der Waals surface area contributed by atoms with E-state index in [-0.39, 0.29) is 6.61 Å². The molecule has 1 aromatic heterocycles. The van der Waals surface area contributed by atoms with Crippen molar-refractivity contribution in [2.75, 3.05) is 11.9 Å². The zero-order valence-electron chi connectivity index (χ0n) is 8.20. The standard InChI is InChI=1S/C10H16N2OS/c13-7-9-6-12-10(14-9)11-5-8-3-1-2-4-8/h6,8,13H,1-5,7H2,(H,11,12). The number of aromatic nitrogens is 1. The molecule has 0 unspecified atom stereocenters. The van der Waals surface area contributed by atoms with Gasteiger partial charge < -0.3 is 10.4 Å². The first-order valence-corrected chi connectivity index (χ1v) is 5.99. The van der Waals surface area contributed by atoms with E-state index in [4.69, 9.17) is 5.11 Å². The Hall–Kier alpha value is -0.610. The minimum Gasteiger partial charge on any atom is -0.391 e. The number of nitrogens with one attached hydrogen (secondary N) is 1. The van der Waals surface area contributed by atoms with Crippen molar-refractivity contribution in [1.29, 1.82) is 0 Å². The lowest BCUT2D eigenvalue weighted by atomic mass is 10.1. The molecule has 0 aromatic carbocycles. The number of nitrogens with zero attached hydrogens (tertiary/aromatic N) is 1. The number of hydrogen-bond donors (Lipinski definition) is 2. The van der Waals surface area contributed by atoms with Gasteiger partial charge in [-0.3, -0.25) is 0 Å². The Morgan fingerprint density at radius 2 is 2.29 bits per heavy atom. The van der Waals surface area contributed by atoms with Gasteiger partial charge in [0.1, 0.15) is 0 Å². The molecule has 0 amide bonds. The molecule has 78 valence electrons. The fraction of sp³-hybridized carbons (Fsp3) is 0.700. The van der Waals surface area contributed by atoms with Crippen LogP contribution in [0.5, 0.6) is 0 Å². The van der Waals surface area contributed by atoms with Crippen LogP contribution in [0.4, 0.5) is 5.13 Å². The summed E-state index contributed by atoms with van der Waals surface area (Å²) in [5.74, 6) is 0.830. The Labute approximate surface area is 88.2 Å². The van der Waals surface area contributed by atoms with E-state index < -0.39 is 0 Å². The molecule has 14 heavy (non-hydrogen) atoms. The maximum Gasteiger partial charge on any atom is 0.182 e. The first-order chi connectivity index (χ1) is 6.88. The molecule has 0 atom stereocenters. The molecule has 0 spiro atoms. The van der Waals surface area contributed by atoms with E-state index in [1.165, 1.54) is 25.7 Å². The Morgan fingerprint density at radius 1 is 1.50 bits per heavy atom. The first-order valence-electron chi connectivity index (χ1n) is 5.18. The summed E-state index contributed by atoms with van der Waals surface area (Å²) in [6, 6.07) is 0. The number of anilines is 1. The lowest BCUT2D eigenvalue weighted by Crippen LogP contribution is -2.10. The summed E-state index contributed by atoms with van der Waals surface area (Å²) in [4.78, 5) is 5.12. The molecule has 1 aliphatic rings. The third kappa shape index (κ3) is 2.45. The van der Waals surface area contributed by atoms with E-state index in [0.29, 0.717) is 0 Å². The predicted molar refractivity (Wildman–Crippen MR) is 58.5 cm³/mol. The smallest absolute Gasteiger partial charge is 0.182 e. The highest BCUT2D eigenvalue weighted by molar-refractivity contribution is 7.15. The minimum atomic E-state index is 0.1000. The van der Waals surface area contributed by atoms with Crippen molar-refractivity contribution in [1.82, 2.24) is 4.98 Å². The van der Waals surface area contributed by atoms with Gasteiger partial charge in [-0.2, -0.15) is 0 Å². The number of thiazole rings is 1. The van der Waals surface area contributed by atoms with Crippen LogP contribution < -0.4 is 5.32 Å². The highest BCUT2D eigenvalue weighted by Gasteiger charge is 2.14. The summed E-state index contributed by atoms with van der Waals surface area (Å²) in [5.41, 5.74) is 0. The van der Waals surface area contributed by atoms with Crippen LogP contribution in [-0.4, -0.2) is 16.6 Å². The van der Waals surface area contributed by atoms with Crippen LogP contribution in [0.25, 0.3) is 0 Å². The van der Waals surface area contributed by atoms with Crippen molar-refractivity contribution in [2.45, 2.75) is 32.3 Å². The van der Waals surface area contributed by atoms with Crippen molar-refractivity contribution in [3.8, 4) is 0 Å². The number of aliphatic hydroxyl groups excluding tert-OH is 1. The molecule has 3 nitrogen and oxygen atoms in total. The third-order valence-corrected chi connectivity index (χ3v) is 3.67. The van der Waals surface area contributed by atoms with E-state index in [1.807, 2.05) is 0 Å². The molecule has 0 saturated heterocycles. The number of aliphatic hydroxyl groups is 1. The Morgan fingerprint density at radius 3 is 2.93 bits per heavy atom. The van der Waals surface area contributed by atoms with E-state index >= 15 is 0 Å². The molecule has 1 saturated carbocycles. The van der Waals surface area contributed by atoms with Gasteiger partial charge in [-0.25, -0.2) is 4.98 Å². The van der Waals surface area contributed by atoms with Crippen molar-refractivity contribution in [2.24, 2.45) is 5.92 Å². The summed E-state index contributed by atoms with van der Waals surface area (Å²) < 4.78 is 0. The van der Waals surface area contributed by atoms with Gasteiger partial charge in [-0.05, 0) is 18.8 Å². The first kappa shape index (κ1) is 9.93. The van der Waals surface area contributed by atoms with Crippen LogP contribution in [0.3, 0.4) is 0 Å². The average Bonchev–Trinajstić information content (AvgIpc) is 2.86. The molecule has 1 fully saturated rings. The molecule has 1 aromatic rings. The maximum atomic E-state index is 8.87. The molecule has 4 heteroatoms. The minimum absolute atomic E-state index is 0.1000.